The molecule has 3 fully saturated rings. The summed E-state index contributed by atoms with van der Waals surface area (Å²) in [5.41, 5.74) is 9.09. The third kappa shape index (κ3) is 2.95. The van der Waals surface area contributed by atoms with E-state index >= 15 is 0 Å². The number of nitrogens with two attached hydrogens (primary N) is 1. The van der Waals surface area contributed by atoms with Crippen LogP contribution in [0.5, 0.6) is 0 Å². The lowest BCUT2D eigenvalue weighted by Gasteiger charge is -2.57. The molecule has 4 heteroatoms. The van der Waals surface area contributed by atoms with Crippen molar-refractivity contribution >= 4 is 22.1 Å². The van der Waals surface area contributed by atoms with Gasteiger partial charge in [0, 0.05) is 36.5 Å². The summed E-state index contributed by atoms with van der Waals surface area (Å²) in [5.74, 6) is 0. The third-order valence-electron chi connectivity index (χ3n) is 6.55. The molecule has 2 aromatic rings. The number of nitrogens with zero attached hydrogens (tertiary/aromatic N) is 1. The van der Waals surface area contributed by atoms with Crippen LogP contribution in [0.1, 0.15) is 32.6 Å². The molecule has 2 saturated carbocycles. The molecule has 1 atom stereocenters. The lowest BCUT2D eigenvalue weighted by molar-refractivity contribution is 0.00122. The maximum absolute atomic E-state index is 5.97. The molecule has 26 heavy (non-hydrogen) atoms. The van der Waals surface area contributed by atoms with E-state index in [1.807, 2.05) is 0 Å². The van der Waals surface area contributed by atoms with Crippen molar-refractivity contribution in [2.75, 3.05) is 29.9 Å². The minimum atomic E-state index is 0.307. The Morgan fingerprint density at radius 1 is 1.08 bits per heavy atom. The highest BCUT2D eigenvalue weighted by molar-refractivity contribution is 5.88. The van der Waals surface area contributed by atoms with Crippen LogP contribution in [-0.4, -0.2) is 37.9 Å². The molecule has 2 aromatic carbocycles. The number of hydrogen-bond acceptors (Lipinski definition) is 4. The van der Waals surface area contributed by atoms with Gasteiger partial charge in [0.15, 0.2) is 0 Å². The zero-order valence-corrected chi connectivity index (χ0v) is 15.6. The van der Waals surface area contributed by atoms with Crippen molar-refractivity contribution in [3.63, 3.8) is 0 Å². The van der Waals surface area contributed by atoms with E-state index in [1.54, 1.807) is 0 Å². The standard InChI is InChI=1S/C22H29N3O/c1-15-14-25(6-7-26-15)21-5-3-16-8-19(4-2-17(16)9-21)24-20-12-22(13-20)10-18(23)11-22/h2-5,8-9,15,18,20,24H,6-7,10-14,23H2,1H3. The topological polar surface area (TPSA) is 50.5 Å². The third-order valence-corrected chi connectivity index (χ3v) is 6.55. The highest BCUT2D eigenvalue weighted by atomic mass is 16.5. The van der Waals surface area contributed by atoms with Crippen LogP contribution in [0.3, 0.4) is 0 Å². The summed E-state index contributed by atoms with van der Waals surface area (Å²) in [7, 11) is 0. The predicted molar refractivity (Wildman–Crippen MR) is 108 cm³/mol. The molecule has 1 heterocycles. The van der Waals surface area contributed by atoms with E-state index in [2.05, 4.69) is 53.5 Å². The first kappa shape index (κ1) is 16.4. The molecule has 3 aliphatic rings. The number of morpholine rings is 1. The Balaban J connectivity index is 1.27. The van der Waals surface area contributed by atoms with Gasteiger partial charge in [-0.05, 0) is 73.1 Å². The van der Waals surface area contributed by atoms with Gasteiger partial charge in [0.25, 0.3) is 0 Å². The van der Waals surface area contributed by atoms with Crippen LogP contribution in [0.4, 0.5) is 11.4 Å². The van der Waals surface area contributed by atoms with Crippen LogP contribution in [0.2, 0.25) is 0 Å². The van der Waals surface area contributed by atoms with Gasteiger partial charge in [-0.3, -0.25) is 0 Å². The molecule has 2 aliphatic carbocycles. The fourth-order valence-corrected chi connectivity index (χ4v) is 5.28. The molecule has 1 aliphatic heterocycles. The van der Waals surface area contributed by atoms with E-state index in [0.29, 0.717) is 23.6 Å². The van der Waals surface area contributed by atoms with Crippen molar-refractivity contribution in [1.29, 1.82) is 0 Å². The smallest absolute Gasteiger partial charge is 0.0722 e. The van der Waals surface area contributed by atoms with Crippen LogP contribution < -0.4 is 16.0 Å². The van der Waals surface area contributed by atoms with Gasteiger partial charge in [-0.2, -0.15) is 0 Å². The first-order chi connectivity index (χ1) is 12.6. The van der Waals surface area contributed by atoms with Crippen molar-refractivity contribution in [1.82, 2.24) is 0 Å². The van der Waals surface area contributed by atoms with Gasteiger partial charge in [0.2, 0.25) is 0 Å². The van der Waals surface area contributed by atoms with Gasteiger partial charge in [0.1, 0.15) is 0 Å². The summed E-state index contributed by atoms with van der Waals surface area (Å²) in [6.07, 6.45) is 5.33. The lowest BCUT2D eigenvalue weighted by atomic mass is 9.52. The molecular weight excluding hydrogens is 322 g/mol. The number of hydrogen-bond donors (Lipinski definition) is 2. The van der Waals surface area contributed by atoms with E-state index in [4.69, 9.17) is 10.5 Å². The minimum Gasteiger partial charge on any atom is -0.382 e. The summed E-state index contributed by atoms with van der Waals surface area (Å²) >= 11 is 0. The van der Waals surface area contributed by atoms with E-state index in [0.717, 1.165) is 19.7 Å². The first-order valence-electron chi connectivity index (χ1n) is 10.0. The predicted octanol–water partition coefficient (Wildman–Crippen LogP) is 3.75. The Kier molecular flexibility index (Phi) is 3.87. The van der Waals surface area contributed by atoms with Crippen molar-refractivity contribution in [3.8, 4) is 0 Å². The lowest BCUT2D eigenvalue weighted by Crippen LogP contribution is -2.57. The average Bonchev–Trinajstić information content (AvgIpc) is 2.58. The number of anilines is 2. The number of fused-ring (bicyclic) bond motifs is 1. The van der Waals surface area contributed by atoms with Gasteiger partial charge in [-0.1, -0.05) is 12.1 Å². The summed E-state index contributed by atoms with van der Waals surface area (Å²) in [5, 5.41) is 6.34. The second-order valence-electron chi connectivity index (χ2n) is 8.79. The molecule has 0 bridgehead atoms. The number of ether oxygens (including phenoxy) is 1. The van der Waals surface area contributed by atoms with Gasteiger partial charge in [-0.15, -0.1) is 0 Å². The zero-order chi connectivity index (χ0) is 17.7. The van der Waals surface area contributed by atoms with Crippen molar-refractivity contribution in [3.05, 3.63) is 36.4 Å². The second-order valence-corrected chi connectivity index (χ2v) is 8.79. The Hall–Kier alpha value is -1.78. The second kappa shape index (κ2) is 6.14. The Bertz CT molecular complexity index is 806. The van der Waals surface area contributed by atoms with Crippen molar-refractivity contribution < 1.29 is 4.74 Å². The first-order valence-corrected chi connectivity index (χ1v) is 10.0. The van der Waals surface area contributed by atoms with Gasteiger partial charge >= 0.3 is 0 Å². The summed E-state index contributed by atoms with van der Waals surface area (Å²) in [4.78, 5) is 2.43. The van der Waals surface area contributed by atoms with Crippen LogP contribution >= 0.6 is 0 Å². The van der Waals surface area contributed by atoms with E-state index in [1.165, 1.54) is 47.8 Å². The van der Waals surface area contributed by atoms with E-state index in [9.17, 15) is 0 Å². The van der Waals surface area contributed by atoms with Gasteiger partial charge < -0.3 is 20.7 Å². The molecule has 1 saturated heterocycles. The highest BCUT2D eigenvalue weighted by Gasteiger charge is 2.51. The molecule has 5 rings (SSSR count). The fourth-order valence-electron chi connectivity index (χ4n) is 5.28. The summed E-state index contributed by atoms with van der Waals surface area (Å²) in [6.45, 7) is 4.91. The SMILES string of the molecule is CC1CN(c2ccc3cc(NC4CC5(CC(N)C5)C4)ccc3c2)CCO1. The molecule has 0 aromatic heterocycles. The average molecular weight is 351 g/mol. The molecule has 1 unspecified atom stereocenters. The summed E-state index contributed by atoms with van der Waals surface area (Å²) in [6, 6.07) is 14.7. The molecule has 4 nitrogen and oxygen atoms in total. The molecule has 0 amide bonds. The van der Waals surface area contributed by atoms with Crippen molar-refractivity contribution in [2.24, 2.45) is 11.1 Å². The molecule has 0 radical (unpaired) electrons. The van der Waals surface area contributed by atoms with Crippen LogP contribution in [-0.2, 0) is 4.74 Å². The maximum atomic E-state index is 5.97. The van der Waals surface area contributed by atoms with E-state index < -0.39 is 0 Å². The zero-order valence-electron chi connectivity index (χ0n) is 15.6. The number of nitrogens with one attached hydrogen (secondary N) is 1. The quantitative estimate of drug-likeness (QED) is 0.884. The molecule has 138 valence electrons. The monoisotopic (exact) mass is 351 g/mol. The molecule has 3 N–H and O–H groups in total. The highest BCUT2D eigenvalue weighted by Crippen LogP contribution is 2.55. The van der Waals surface area contributed by atoms with Crippen LogP contribution in [0, 0.1) is 5.41 Å². The molecule has 1 spiro atoms. The number of rotatable bonds is 3. The number of benzene rings is 2. The Morgan fingerprint density at radius 3 is 2.62 bits per heavy atom. The van der Waals surface area contributed by atoms with E-state index in [-0.39, 0.29) is 0 Å². The van der Waals surface area contributed by atoms with Gasteiger partial charge in [-0.25, -0.2) is 0 Å². The largest absolute Gasteiger partial charge is 0.382 e. The Morgan fingerprint density at radius 2 is 1.85 bits per heavy atom. The van der Waals surface area contributed by atoms with Crippen molar-refractivity contribution in [2.45, 2.75) is 50.8 Å². The Labute approximate surface area is 155 Å². The van der Waals surface area contributed by atoms with Gasteiger partial charge in [0.05, 0.1) is 12.7 Å². The fraction of sp³-hybridized carbons (Fsp3) is 0.545. The molecular formula is C22H29N3O. The normalized spacial score (nSPS) is 33.8. The maximum Gasteiger partial charge on any atom is 0.0722 e. The van der Waals surface area contributed by atoms with Crippen LogP contribution in [0.25, 0.3) is 10.8 Å². The minimum absolute atomic E-state index is 0.307. The summed E-state index contributed by atoms with van der Waals surface area (Å²) < 4.78 is 5.66. The van der Waals surface area contributed by atoms with Crippen LogP contribution in [0.15, 0.2) is 36.4 Å².